The quantitative estimate of drug-likeness (QED) is 0.835. The maximum Gasteiger partial charge on any atom is 0.287 e. The molecule has 0 saturated carbocycles. The molecule has 2 aromatic rings. The van der Waals surface area contributed by atoms with Crippen molar-refractivity contribution in [2.45, 2.75) is 32.6 Å². The molecule has 0 spiro atoms. The molecule has 1 aliphatic heterocycles. The van der Waals surface area contributed by atoms with Crippen LogP contribution in [0.15, 0.2) is 35.3 Å². The Labute approximate surface area is 150 Å². The van der Waals surface area contributed by atoms with Crippen LogP contribution >= 0.6 is 23.2 Å². The fourth-order valence-corrected chi connectivity index (χ4v) is 3.41. The largest absolute Gasteiger partial charge is 0.372 e. The second-order valence-electron chi connectivity index (χ2n) is 6.06. The van der Waals surface area contributed by atoms with Crippen LogP contribution < -0.4 is 10.5 Å². The maximum atomic E-state index is 12.6. The molecule has 128 valence electrons. The molecule has 1 aromatic heterocycles. The Morgan fingerprint density at radius 1 is 1.21 bits per heavy atom. The van der Waals surface area contributed by atoms with E-state index in [1.165, 1.54) is 4.68 Å². The molecular formula is C17H19Cl2N3O2. The third kappa shape index (κ3) is 3.58. The topological polar surface area (TPSA) is 47.4 Å². The molecule has 0 aliphatic carbocycles. The van der Waals surface area contributed by atoms with E-state index in [-0.39, 0.29) is 29.3 Å². The summed E-state index contributed by atoms with van der Waals surface area (Å²) in [6.07, 6.45) is 1.80. The van der Waals surface area contributed by atoms with Crippen molar-refractivity contribution in [3.05, 3.63) is 56.4 Å². The maximum absolute atomic E-state index is 12.6. The van der Waals surface area contributed by atoms with E-state index in [0.29, 0.717) is 23.8 Å². The van der Waals surface area contributed by atoms with Crippen molar-refractivity contribution in [2.75, 3.05) is 18.0 Å². The van der Waals surface area contributed by atoms with Crippen LogP contribution in [0.25, 0.3) is 0 Å². The molecule has 1 saturated heterocycles. The lowest BCUT2D eigenvalue weighted by molar-refractivity contribution is -0.00524. The van der Waals surface area contributed by atoms with Crippen LogP contribution in [-0.4, -0.2) is 35.1 Å². The summed E-state index contributed by atoms with van der Waals surface area (Å²) >= 11 is 12.5. The summed E-state index contributed by atoms with van der Waals surface area (Å²) in [5.74, 6) is 0. The first-order valence-corrected chi connectivity index (χ1v) is 8.60. The molecular weight excluding hydrogens is 349 g/mol. The predicted octanol–water partition coefficient (Wildman–Crippen LogP) is 3.21. The van der Waals surface area contributed by atoms with Gasteiger partial charge >= 0.3 is 0 Å². The summed E-state index contributed by atoms with van der Waals surface area (Å²) in [7, 11) is 0. The van der Waals surface area contributed by atoms with Crippen molar-refractivity contribution in [3.8, 4) is 0 Å². The fraction of sp³-hybridized carbons (Fsp3) is 0.412. The van der Waals surface area contributed by atoms with Gasteiger partial charge in [0, 0.05) is 18.1 Å². The van der Waals surface area contributed by atoms with Gasteiger partial charge in [-0.1, -0.05) is 41.4 Å². The highest BCUT2D eigenvalue weighted by atomic mass is 35.5. The summed E-state index contributed by atoms with van der Waals surface area (Å²) in [4.78, 5) is 14.6. The number of ether oxygens (including phenoxy) is 1. The number of halogens is 2. The minimum Gasteiger partial charge on any atom is -0.372 e. The lowest BCUT2D eigenvalue weighted by Gasteiger charge is -2.36. The molecule has 1 aliphatic rings. The van der Waals surface area contributed by atoms with Crippen molar-refractivity contribution in [3.63, 3.8) is 0 Å². The van der Waals surface area contributed by atoms with Gasteiger partial charge in [0.05, 0.1) is 30.6 Å². The highest BCUT2D eigenvalue weighted by Crippen LogP contribution is 2.25. The molecule has 1 fully saturated rings. The first-order valence-electron chi connectivity index (χ1n) is 7.85. The zero-order valence-electron chi connectivity index (χ0n) is 13.6. The van der Waals surface area contributed by atoms with Crippen molar-refractivity contribution in [1.82, 2.24) is 9.78 Å². The molecule has 3 rings (SSSR count). The number of morpholine rings is 1. The Hall–Kier alpha value is -1.56. The molecule has 2 atom stereocenters. The smallest absolute Gasteiger partial charge is 0.287 e. The fourth-order valence-electron chi connectivity index (χ4n) is 2.95. The number of aromatic nitrogens is 2. The summed E-state index contributed by atoms with van der Waals surface area (Å²) < 4.78 is 7.05. The van der Waals surface area contributed by atoms with Gasteiger partial charge in [-0.05, 0) is 25.5 Å². The zero-order chi connectivity index (χ0) is 17.3. The van der Waals surface area contributed by atoms with Crippen LogP contribution in [0, 0.1) is 0 Å². The monoisotopic (exact) mass is 367 g/mol. The van der Waals surface area contributed by atoms with Crippen LogP contribution in [0.3, 0.4) is 0 Å². The van der Waals surface area contributed by atoms with Crippen LogP contribution in [0.4, 0.5) is 5.69 Å². The molecule has 0 amide bonds. The Kier molecular flexibility index (Phi) is 5.13. The third-order valence-corrected chi connectivity index (χ3v) is 4.73. The van der Waals surface area contributed by atoms with Gasteiger partial charge in [0.25, 0.3) is 5.56 Å². The van der Waals surface area contributed by atoms with Gasteiger partial charge in [-0.25, -0.2) is 4.68 Å². The highest BCUT2D eigenvalue weighted by Gasteiger charge is 2.25. The van der Waals surface area contributed by atoms with Crippen LogP contribution in [0.2, 0.25) is 10.0 Å². The van der Waals surface area contributed by atoms with E-state index < -0.39 is 0 Å². The van der Waals surface area contributed by atoms with Gasteiger partial charge in [-0.15, -0.1) is 0 Å². The lowest BCUT2D eigenvalue weighted by Crippen LogP contribution is -2.46. The number of rotatable bonds is 3. The van der Waals surface area contributed by atoms with Gasteiger partial charge in [0.2, 0.25) is 0 Å². The molecule has 0 bridgehead atoms. The first kappa shape index (κ1) is 17.3. The SMILES string of the molecule is C[C@@H]1CN(c2cnn(Cc3ccccc3Cl)c(=O)c2Cl)C[C@@H](C)O1. The Balaban J connectivity index is 1.89. The van der Waals surface area contributed by atoms with E-state index >= 15 is 0 Å². The molecule has 24 heavy (non-hydrogen) atoms. The van der Waals surface area contributed by atoms with E-state index in [0.717, 1.165) is 5.56 Å². The average Bonchev–Trinajstić information content (AvgIpc) is 2.53. The molecule has 0 radical (unpaired) electrons. The average molecular weight is 368 g/mol. The van der Waals surface area contributed by atoms with E-state index in [1.807, 2.05) is 32.0 Å². The van der Waals surface area contributed by atoms with Crippen molar-refractivity contribution in [2.24, 2.45) is 0 Å². The van der Waals surface area contributed by atoms with Gasteiger partial charge in [0.1, 0.15) is 5.02 Å². The van der Waals surface area contributed by atoms with Crippen molar-refractivity contribution in [1.29, 1.82) is 0 Å². The summed E-state index contributed by atoms with van der Waals surface area (Å²) in [6.45, 7) is 5.65. The van der Waals surface area contributed by atoms with E-state index in [1.54, 1.807) is 12.3 Å². The number of nitrogens with zero attached hydrogens (tertiary/aromatic N) is 3. The molecule has 0 N–H and O–H groups in total. The molecule has 0 unspecified atom stereocenters. The number of hydrogen-bond donors (Lipinski definition) is 0. The Bertz CT molecular complexity index is 784. The second-order valence-corrected chi connectivity index (χ2v) is 6.85. The van der Waals surface area contributed by atoms with Gasteiger partial charge in [-0.3, -0.25) is 4.79 Å². The second kappa shape index (κ2) is 7.13. The molecule has 7 heteroatoms. The Morgan fingerprint density at radius 3 is 2.54 bits per heavy atom. The molecule has 2 heterocycles. The van der Waals surface area contributed by atoms with Crippen LogP contribution in [0.1, 0.15) is 19.4 Å². The number of benzene rings is 1. The summed E-state index contributed by atoms with van der Waals surface area (Å²) in [6, 6.07) is 7.37. The standard InChI is InChI=1S/C17H19Cl2N3O2/c1-11-8-21(9-12(2)24-11)15-7-20-22(17(23)16(15)19)10-13-5-3-4-6-14(13)18/h3-7,11-12H,8-10H2,1-2H3/t11-,12-/m1/s1. The zero-order valence-corrected chi connectivity index (χ0v) is 15.1. The van der Waals surface area contributed by atoms with Gasteiger partial charge in [-0.2, -0.15) is 5.10 Å². The molecule has 5 nitrogen and oxygen atoms in total. The van der Waals surface area contributed by atoms with Crippen molar-refractivity contribution >= 4 is 28.9 Å². The van der Waals surface area contributed by atoms with E-state index in [9.17, 15) is 4.79 Å². The normalized spacial score (nSPS) is 21.1. The van der Waals surface area contributed by atoms with E-state index in [2.05, 4.69) is 10.00 Å². The van der Waals surface area contributed by atoms with Crippen molar-refractivity contribution < 1.29 is 4.74 Å². The predicted molar refractivity (Wildman–Crippen MR) is 96.3 cm³/mol. The minimum atomic E-state index is -0.319. The van der Waals surface area contributed by atoms with Crippen LogP contribution in [-0.2, 0) is 11.3 Å². The number of hydrogen-bond acceptors (Lipinski definition) is 4. The van der Waals surface area contributed by atoms with Gasteiger partial charge < -0.3 is 9.64 Å². The summed E-state index contributed by atoms with van der Waals surface area (Å²) in [5, 5.41) is 5.06. The highest BCUT2D eigenvalue weighted by molar-refractivity contribution is 6.33. The van der Waals surface area contributed by atoms with Gasteiger partial charge in [0.15, 0.2) is 0 Å². The minimum absolute atomic E-state index is 0.0790. The van der Waals surface area contributed by atoms with E-state index in [4.69, 9.17) is 27.9 Å². The third-order valence-electron chi connectivity index (χ3n) is 4.00. The Morgan fingerprint density at radius 2 is 1.88 bits per heavy atom. The first-order chi connectivity index (χ1) is 11.5. The molecule has 1 aromatic carbocycles. The summed E-state index contributed by atoms with van der Waals surface area (Å²) in [5.41, 5.74) is 1.16. The van der Waals surface area contributed by atoms with Crippen LogP contribution in [0.5, 0.6) is 0 Å². The number of anilines is 1. The lowest BCUT2D eigenvalue weighted by atomic mass is 10.2.